The predicted molar refractivity (Wildman–Crippen MR) is 73.1 cm³/mol. The van der Waals surface area contributed by atoms with Crippen LogP contribution in [0.3, 0.4) is 0 Å². The van der Waals surface area contributed by atoms with E-state index in [-0.39, 0.29) is 23.9 Å². The number of rotatable bonds is 4. The van der Waals surface area contributed by atoms with Crippen LogP contribution in [-0.2, 0) is 5.41 Å². The van der Waals surface area contributed by atoms with Gasteiger partial charge in [-0.15, -0.1) is 0 Å². The average molecular weight is 268 g/mol. The minimum Gasteiger partial charge on any atom is -0.392 e. The molecule has 1 N–H and O–H groups in total. The summed E-state index contributed by atoms with van der Waals surface area (Å²) in [4.78, 5) is 13.9. The Morgan fingerprint density at radius 2 is 2.00 bits per heavy atom. The van der Waals surface area contributed by atoms with Gasteiger partial charge in [0.15, 0.2) is 5.69 Å². The number of aliphatic hydroxyl groups is 1. The normalized spacial score (nSPS) is 13.7. The molecular weight excluding hydrogens is 244 g/mol. The van der Waals surface area contributed by atoms with Gasteiger partial charge in [0.05, 0.1) is 6.10 Å². The molecule has 0 aliphatic carbocycles. The molecule has 0 aliphatic heterocycles. The third-order valence-electron chi connectivity index (χ3n) is 2.81. The Labute approximate surface area is 114 Å². The molecule has 0 saturated heterocycles. The van der Waals surface area contributed by atoms with Crippen LogP contribution in [-0.4, -0.2) is 39.8 Å². The third kappa shape index (κ3) is 4.06. The van der Waals surface area contributed by atoms with Crippen LogP contribution in [0.4, 0.5) is 0 Å². The second kappa shape index (κ2) is 5.74. The molecule has 1 atom stereocenters. The number of amides is 1. The van der Waals surface area contributed by atoms with Crippen LogP contribution in [0.1, 0.15) is 57.8 Å². The molecule has 0 spiro atoms. The first-order valence-electron chi connectivity index (χ1n) is 6.59. The summed E-state index contributed by atoms with van der Waals surface area (Å²) in [5.41, 5.74) is 0.109. The highest BCUT2D eigenvalue weighted by molar-refractivity contribution is 5.92. The maximum Gasteiger partial charge on any atom is 0.276 e. The Bertz CT molecular complexity index is 430. The number of nitrogens with zero attached hydrogens (tertiary/aromatic N) is 2. The summed E-state index contributed by atoms with van der Waals surface area (Å²) < 4.78 is 5.23. The van der Waals surface area contributed by atoms with Crippen molar-refractivity contribution in [3.63, 3.8) is 0 Å². The standard InChI is InChI=1S/C14H24N2O3/c1-9(2)16(8-10(3)17)13(18)11-7-12(19-15-11)14(4,5)6/h7,9-10,17H,8H2,1-6H3. The molecule has 0 aromatic carbocycles. The van der Waals surface area contributed by atoms with Crippen molar-refractivity contribution in [2.75, 3.05) is 6.54 Å². The van der Waals surface area contributed by atoms with E-state index in [1.165, 1.54) is 0 Å². The summed E-state index contributed by atoms with van der Waals surface area (Å²) in [5.74, 6) is 0.465. The van der Waals surface area contributed by atoms with E-state index in [0.717, 1.165) is 0 Å². The van der Waals surface area contributed by atoms with E-state index >= 15 is 0 Å². The third-order valence-corrected chi connectivity index (χ3v) is 2.81. The molecule has 0 bridgehead atoms. The molecule has 0 radical (unpaired) electrons. The van der Waals surface area contributed by atoms with Crippen molar-refractivity contribution >= 4 is 5.91 Å². The minimum atomic E-state index is -0.569. The topological polar surface area (TPSA) is 66.6 Å². The fraction of sp³-hybridized carbons (Fsp3) is 0.714. The van der Waals surface area contributed by atoms with Crippen molar-refractivity contribution in [3.05, 3.63) is 17.5 Å². The lowest BCUT2D eigenvalue weighted by Crippen LogP contribution is -2.41. The second-order valence-corrected chi connectivity index (χ2v) is 6.23. The molecule has 5 nitrogen and oxygen atoms in total. The average Bonchev–Trinajstić information content (AvgIpc) is 2.72. The van der Waals surface area contributed by atoms with Gasteiger partial charge in [-0.05, 0) is 20.8 Å². The molecule has 1 aromatic rings. The van der Waals surface area contributed by atoms with Crippen LogP contribution in [0.25, 0.3) is 0 Å². The Morgan fingerprint density at radius 3 is 2.37 bits per heavy atom. The molecule has 5 heteroatoms. The summed E-state index contributed by atoms with van der Waals surface area (Å²) >= 11 is 0. The van der Waals surface area contributed by atoms with Crippen molar-refractivity contribution in [1.29, 1.82) is 0 Å². The van der Waals surface area contributed by atoms with E-state index in [1.807, 2.05) is 34.6 Å². The summed E-state index contributed by atoms with van der Waals surface area (Å²) in [5, 5.41) is 13.3. The highest BCUT2D eigenvalue weighted by Gasteiger charge is 2.26. The van der Waals surface area contributed by atoms with Crippen LogP contribution < -0.4 is 0 Å². The van der Waals surface area contributed by atoms with Gasteiger partial charge in [-0.3, -0.25) is 4.79 Å². The smallest absolute Gasteiger partial charge is 0.276 e. The molecule has 0 aliphatic rings. The first-order chi connectivity index (χ1) is 8.62. The minimum absolute atomic E-state index is 0.00288. The van der Waals surface area contributed by atoms with Crippen molar-refractivity contribution in [1.82, 2.24) is 10.1 Å². The van der Waals surface area contributed by atoms with Gasteiger partial charge in [-0.2, -0.15) is 0 Å². The van der Waals surface area contributed by atoms with Crippen LogP contribution in [0.2, 0.25) is 0 Å². The van der Waals surface area contributed by atoms with E-state index in [4.69, 9.17) is 4.52 Å². The van der Waals surface area contributed by atoms with Crippen molar-refractivity contribution in [2.24, 2.45) is 0 Å². The van der Waals surface area contributed by atoms with Gasteiger partial charge >= 0.3 is 0 Å². The highest BCUT2D eigenvalue weighted by atomic mass is 16.5. The largest absolute Gasteiger partial charge is 0.392 e. The zero-order valence-corrected chi connectivity index (χ0v) is 12.6. The van der Waals surface area contributed by atoms with Gasteiger partial charge in [-0.1, -0.05) is 25.9 Å². The lowest BCUT2D eigenvalue weighted by molar-refractivity contribution is 0.0569. The van der Waals surface area contributed by atoms with E-state index in [0.29, 0.717) is 11.5 Å². The van der Waals surface area contributed by atoms with Crippen molar-refractivity contribution in [2.45, 2.75) is 59.1 Å². The highest BCUT2D eigenvalue weighted by Crippen LogP contribution is 2.23. The Morgan fingerprint density at radius 1 is 1.42 bits per heavy atom. The summed E-state index contributed by atoms with van der Waals surface area (Å²) in [6.07, 6.45) is -0.569. The molecule has 19 heavy (non-hydrogen) atoms. The number of aromatic nitrogens is 1. The summed E-state index contributed by atoms with van der Waals surface area (Å²) in [6.45, 7) is 11.8. The quantitative estimate of drug-likeness (QED) is 0.909. The van der Waals surface area contributed by atoms with Gasteiger partial charge < -0.3 is 14.5 Å². The van der Waals surface area contributed by atoms with Gasteiger partial charge in [0.25, 0.3) is 5.91 Å². The fourth-order valence-electron chi connectivity index (χ4n) is 1.69. The van der Waals surface area contributed by atoms with Crippen molar-refractivity contribution in [3.8, 4) is 0 Å². The molecule has 108 valence electrons. The van der Waals surface area contributed by atoms with Crippen LogP contribution in [0, 0.1) is 0 Å². The second-order valence-electron chi connectivity index (χ2n) is 6.23. The zero-order valence-electron chi connectivity index (χ0n) is 12.6. The number of carbonyl (C=O) groups is 1. The van der Waals surface area contributed by atoms with E-state index < -0.39 is 6.10 Å². The van der Waals surface area contributed by atoms with Crippen LogP contribution >= 0.6 is 0 Å². The fourth-order valence-corrected chi connectivity index (χ4v) is 1.69. The lowest BCUT2D eigenvalue weighted by atomic mass is 9.93. The van der Waals surface area contributed by atoms with Crippen LogP contribution in [0.15, 0.2) is 10.6 Å². The molecule has 1 amide bonds. The Kier molecular flexibility index (Phi) is 4.74. The SMILES string of the molecule is CC(O)CN(C(=O)c1cc(C(C)(C)C)on1)C(C)C. The number of hydrogen-bond donors (Lipinski definition) is 1. The Balaban J connectivity index is 2.94. The molecular formula is C14H24N2O3. The summed E-state index contributed by atoms with van der Waals surface area (Å²) in [7, 11) is 0. The number of aliphatic hydroxyl groups excluding tert-OH is 1. The lowest BCUT2D eigenvalue weighted by Gasteiger charge is -2.27. The van der Waals surface area contributed by atoms with Gasteiger partial charge in [0, 0.05) is 24.1 Å². The monoisotopic (exact) mass is 268 g/mol. The van der Waals surface area contributed by atoms with Gasteiger partial charge in [0.1, 0.15) is 5.76 Å². The molecule has 1 heterocycles. The first kappa shape index (κ1) is 15.7. The maximum atomic E-state index is 12.4. The zero-order chi connectivity index (χ0) is 14.8. The van der Waals surface area contributed by atoms with E-state index in [1.54, 1.807) is 17.9 Å². The molecule has 1 aromatic heterocycles. The Hall–Kier alpha value is -1.36. The first-order valence-corrected chi connectivity index (χ1v) is 6.59. The molecule has 1 rings (SSSR count). The number of carbonyl (C=O) groups excluding carboxylic acids is 1. The maximum absolute atomic E-state index is 12.4. The summed E-state index contributed by atoms with van der Waals surface area (Å²) in [6, 6.07) is 1.68. The number of hydrogen-bond acceptors (Lipinski definition) is 4. The van der Waals surface area contributed by atoms with E-state index in [9.17, 15) is 9.90 Å². The van der Waals surface area contributed by atoms with Gasteiger partial charge in [-0.25, -0.2) is 0 Å². The van der Waals surface area contributed by atoms with Crippen LogP contribution in [0.5, 0.6) is 0 Å². The predicted octanol–water partition coefficient (Wildman–Crippen LogP) is 2.20. The van der Waals surface area contributed by atoms with Gasteiger partial charge in [0.2, 0.25) is 0 Å². The van der Waals surface area contributed by atoms with Crippen molar-refractivity contribution < 1.29 is 14.4 Å². The molecule has 0 saturated carbocycles. The molecule has 0 fully saturated rings. The van der Waals surface area contributed by atoms with E-state index in [2.05, 4.69) is 5.16 Å². The molecule has 1 unspecified atom stereocenters.